The van der Waals surface area contributed by atoms with Crippen molar-refractivity contribution in [3.63, 3.8) is 0 Å². The van der Waals surface area contributed by atoms with Crippen molar-refractivity contribution in [2.75, 3.05) is 27.9 Å². The van der Waals surface area contributed by atoms with Crippen molar-refractivity contribution < 1.29 is 28.8 Å². The Morgan fingerprint density at radius 1 is 1.16 bits per heavy atom. The third-order valence-electron chi connectivity index (χ3n) is 4.19. The van der Waals surface area contributed by atoms with Gasteiger partial charge in [-0.05, 0) is 31.5 Å². The maximum absolute atomic E-state index is 10.7. The quantitative estimate of drug-likeness (QED) is 0.761. The van der Waals surface area contributed by atoms with Crippen LogP contribution in [-0.4, -0.2) is 44.9 Å². The summed E-state index contributed by atoms with van der Waals surface area (Å²) in [5.41, 5.74) is 0.690. The normalized spacial score (nSPS) is 22.0. The molecule has 0 bridgehead atoms. The second kappa shape index (κ2) is 8.08. The molecule has 0 amide bonds. The zero-order valence-corrected chi connectivity index (χ0v) is 15.7. The van der Waals surface area contributed by atoms with E-state index >= 15 is 0 Å². The fourth-order valence-electron chi connectivity index (χ4n) is 2.79. The van der Waals surface area contributed by atoms with E-state index in [9.17, 15) is 5.11 Å². The maximum Gasteiger partial charge on any atom is 0.203 e. The van der Waals surface area contributed by atoms with Gasteiger partial charge in [0.05, 0.1) is 34.0 Å². The van der Waals surface area contributed by atoms with Gasteiger partial charge in [0.2, 0.25) is 5.75 Å². The van der Waals surface area contributed by atoms with Crippen molar-refractivity contribution in [3.05, 3.63) is 29.8 Å². The Kier molecular flexibility index (Phi) is 6.32. The molecule has 0 aromatic heterocycles. The van der Waals surface area contributed by atoms with E-state index in [1.54, 1.807) is 33.5 Å². The van der Waals surface area contributed by atoms with Crippen LogP contribution in [0.3, 0.4) is 0 Å². The summed E-state index contributed by atoms with van der Waals surface area (Å²) in [6.07, 6.45) is 3.04. The predicted octanol–water partition coefficient (Wildman–Crippen LogP) is 3.09. The van der Waals surface area contributed by atoms with Gasteiger partial charge < -0.3 is 28.8 Å². The van der Waals surface area contributed by atoms with Crippen molar-refractivity contribution in [1.82, 2.24) is 0 Å². The van der Waals surface area contributed by atoms with E-state index in [0.717, 1.165) is 0 Å². The van der Waals surface area contributed by atoms with Crippen LogP contribution in [0.2, 0.25) is 0 Å². The first kappa shape index (κ1) is 19.6. The second-order valence-corrected chi connectivity index (χ2v) is 6.51. The lowest BCUT2D eigenvalue weighted by Crippen LogP contribution is -2.20. The van der Waals surface area contributed by atoms with Crippen molar-refractivity contribution in [2.24, 2.45) is 5.92 Å². The van der Waals surface area contributed by atoms with Crippen LogP contribution in [0.25, 0.3) is 0 Å². The van der Waals surface area contributed by atoms with Gasteiger partial charge in [0, 0.05) is 5.92 Å². The molecule has 1 fully saturated rings. The summed E-state index contributed by atoms with van der Waals surface area (Å²) in [6, 6.07) is 3.52. The first-order valence-corrected chi connectivity index (χ1v) is 8.29. The summed E-state index contributed by atoms with van der Waals surface area (Å²) in [5.74, 6) is 0.842. The number of aliphatic hydroxyl groups excluding tert-OH is 1. The molecule has 0 unspecified atom stereocenters. The van der Waals surface area contributed by atoms with Crippen molar-refractivity contribution in [2.45, 2.75) is 38.8 Å². The predicted molar refractivity (Wildman–Crippen MR) is 94.3 cm³/mol. The zero-order valence-electron chi connectivity index (χ0n) is 15.7. The lowest BCUT2D eigenvalue weighted by Gasteiger charge is -2.20. The molecule has 1 aromatic rings. The Labute approximate surface area is 149 Å². The van der Waals surface area contributed by atoms with Crippen molar-refractivity contribution in [3.8, 4) is 17.2 Å². The smallest absolute Gasteiger partial charge is 0.203 e. The van der Waals surface area contributed by atoms with E-state index in [1.165, 1.54) is 0 Å². The second-order valence-electron chi connectivity index (χ2n) is 6.51. The van der Waals surface area contributed by atoms with E-state index in [4.69, 9.17) is 23.7 Å². The van der Waals surface area contributed by atoms with Crippen LogP contribution in [-0.2, 0) is 9.47 Å². The Bertz CT molecular complexity index is 585. The molecule has 1 heterocycles. The minimum atomic E-state index is -0.722. The van der Waals surface area contributed by atoms with Crippen LogP contribution in [0, 0.1) is 5.92 Å². The topological polar surface area (TPSA) is 66.4 Å². The summed E-state index contributed by atoms with van der Waals surface area (Å²) in [5, 5.41) is 10.7. The monoisotopic (exact) mass is 352 g/mol. The number of benzene rings is 1. The van der Waals surface area contributed by atoms with Crippen molar-refractivity contribution >= 4 is 0 Å². The molecular weight excluding hydrogens is 324 g/mol. The summed E-state index contributed by atoms with van der Waals surface area (Å²) < 4.78 is 27.3. The van der Waals surface area contributed by atoms with Crippen LogP contribution >= 0.6 is 0 Å². The van der Waals surface area contributed by atoms with Gasteiger partial charge in [0.1, 0.15) is 6.10 Å². The van der Waals surface area contributed by atoms with Gasteiger partial charge >= 0.3 is 0 Å². The lowest BCUT2D eigenvalue weighted by molar-refractivity contribution is -0.133. The summed E-state index contributed by atoms with van der Waals surface area (Å²) in [4.78, 5) is 0. The Hall–Kier alpha value is -1.76. The fraction of sp³-hybridized carbons (Fsp3) is 0.579. The summed E-state index contributed by atoms with van der Waals surface area (Å²) in [7, 11) is 4.65. The van der Waals surface area contributed by atoms with Gasteiger partial charge in [-0.3, -0.25) is 0 Å². The third-order valence-corrected chi connectivity index (χ3v) is 4.19. The Balaban J connectivity index is 2.15. The van der Waals surface area contributed by atoms with E-state index in [2.05, 4.69) is 0 Å². The average Bonchev–Trinajstić information content (AvgIpc) is 2.96. The highest BCUT2D eigenvalue weighted by atomic mass is 16.7. The molecule has 1 N–H and O–H groups in total. The molecular formula is C19H28O6. The number of ether oxygens (including phenoxy) is 5. The fourth-order valence-corrected chi connectivity index (χ4v) is 2.79. The minimum absolute atomic E-state index is 0.107. The maximum atomic E-state index is 10.7. The van der Waals surface area contributed by atoms with Crippen LogP contribution in [0.1, 0.15) is 32.4 Å². The van der Waals surface area contributed by atoms with Gasteiger partial charge in [-0.2, -0.15) is 0 Å². The standard InChI is InChI=1S/C19H28O6/c1-12(7-8-14-11-24-19(2,3)25-14)17(20)13-9-15(21-4)18(23-6)16(10-13)22-5/h7-10,12,14,17,20H,11H2,1-6H3/b8-7+/t12-,14-,17-/m0/s1. The average molecular weight is 352 g/mol. The molecule has 3 atom stereocenters. The highest BCUT2D eigenvalue weighted by Gasteiger charge is 2.31. The first-order chi connectivity index (χ1) is 11.8. The van der Waals surface area contributed by atoms with Gasteiger partial charge in [-0.15, -0.1) is 0 Å². The van der Waals surface area contributed by atoms with Crippen LogP contribution in [0.4, 0.5) is 0 Å². The Morgan fingerprint density at radius 2 is 1.76 bits per heavy atom. The molecule has 1 aliphatic rings. The molecule has 25 heavy (non-hydrogen) atoms. The van der Waals surface area contributed by atoms with Gasteiger partial charge in [-0.1, -0.05) is 19.1 Å². The van der Waals surface area contributed by atoms with Gasteiger partial charge in [0.25, 0.3) is 0 Å². The molecule has 1 aliphatic heterocycles. The van der Waals surface area contributed by atoms with Crippen LogP contribution in [0.5, 0.6) is 17.2 Å². The van der Waals surface area contributed by atoms with Gasteiger partial charge in [-0.25, -0.2) is 0 Å². The summed E-state index contributed by atoms with van der Waals surface area (Å²) >= 11 is 0. The van der Waals surface area contributed by atoms with E-state index < -0.39 is 11.9 Å². The van der Waals surface area contributed by atoms with E-state index in [-0.39, 0.29) is 12.0 Å². The third kappa shape index (κ3) is 4.66. The molecule has 0 spiro atoms. The summed E-state index contributed by atoms with van der Waals surface area (Å²) in [6.45, 7) is 6.21. The molecule has 2 rings (SSSR count). The number of aliphatic hydroxyl groups is 1. The van der Waals surface area contributed by atoms with E-state index in [0.29, 0.717) is 29.4 Å². The van der Waals surface area contributed by atoms with Crippen molar-refractivity contribution in [1.29, 1.82) is 0 Å². The number of hydrogen-bond donors (Lipinski definition) is 1. The van der Waals surface area contributed by atoms with Gasteiger partial charge in [0.15, 0.2) is 17.3 Å². The minimum Gasteiger partial charge on any atom is -0.493 e. The SMILES string of the molecule is COc1cc([C@@H](O)[C@@H](C)/C=C/[C@H]2COC(C)(C)O2)cc(OC)c1OC. The molecule has 1 aromatic carbocycles. The number of methoxy groups -OCH3 is 3. The number of hydrogen-bond acceptors (Lipinski definition) is 6. The molecule has 0 saturated carbocycles. The first-order valence-electron chi connectivity index (χ1n) is 8.29. The van der Waals surface area contributed by atoms with Crippen LogP contribution in [0.15, 0.2) is 24.3 Å². The largest absolute Gasteiger partial charge is 0.493 e. The molecule has 0 aliphatic carbocycles. The zero-order chi connectivity index (χ0) is 18.6. The van der Waals surface area contributed by atoms with Crippen LogP contribution < -0.4 is 14.2 Å². The lowest BCUT2D eigenvalue weighted by atomic mass is 9.96. The van der Waals surface area contributed by atoms with E-state index in [1.807, 2.05) is 32.9 Å². The highest BCUT2D eigenvalue weighted by molar-refractivity contribution is 5.54. The molecule has 140 valence electrons. The Morgan fingerprint density at radius 3 is 2.20 bits per heavy atom. The molecule has 0 radical (unpaired) electrons. The number of rotatable bonds is 7. The molecule has 6 heteroatoms. The highest BCUT2D eigenvalue weighted by Crippen LogP contribution is 2.41. The molecule has 1 saturated heterocycles. The molecule has 6 nitrogen and oxygen atoms in total.